The summed E-state index contributed by atoms with van der Waals surface area (Å²) in [5.74, 6) is 0.347. The van der Waals surface area contributed by atoms with Crippen LogP contribution in [0.1, 0.15) is 41.6 Å². The molecule has 1 amide bonds. The summed E-state index contributed by atoms with van der Waals surface area (Å²) in [6, 6.07) is 11.2. The second kappa shape index (κ2) is 9.07. The van der Waals surface area contributed by atoms with E-state index in [9.17, 15) is 22.8 Å². The summed E-state index contributed by atoms with van der Waals surface area (Å²) in [5.41, 5.74) is -0.140. The molecule has 0 spiro atoms. The Morgan fingerprint density at radius 1 is 1.10 bits per heavy atom. The quantitative estimate of drug-likeness (QED) is 0.711. The van der Waals surface area contributed by atoms with E-state index >= 15 is 0 Å². The van der Waals surface area contributed by atoms with E-state index in [1.54, 1.807) is 24.3 Å². The van der Waals surface area contributed by atoms with Gasteiger partial charge in [0.15, 0.2) is 5.78 Å². The lowest BCUT2D eigenvalue weighted by Gasteiger charge is -2.18. The van der Waals surface area contributed by atoms with Crippen LogP contribution in [-0.4, -0.2) is 35.8 Å². The average molecular weight is 405 g/mol. The zero-order valence-electron chi connectivity index (χ0n) is 15.8. The van der Waals surface area contributed by atoms with Crippen molar-refractivity contribution in [1.29, 1.82) is 0 Å². The van der Waals surface area contributed by atoms with Crippen molar-refractivity contribution < 1.29 is 22.8 Å². The third-order valence-electron chi connectivity index (χ3n) is 4.86. The van der Waals surface area contributed by atoms with Gasteiger partial charge in [0.25, 0.3) is 0 Å². The van der Waals surface area contributed by atoms with Gasteiger partial charge in [0.1, 0.15) is 5.82 Å². The maximum Gasteiger partial charge on any atom is 0.417 e. The van der Waals surface area contributed by atoms with E-state index in [1.165, 1.54) is 6.07 Å². The molecular formula is C21H22F3N3O2. The summed E-state index contributed by atoms with van der Waals surface area (Å²) in [6.45, 7) is 1.10. The van der Waals surface area contributed by atoms with Crippen LogP contribution in [0.4, 0.5) is 19.0 Å². The number of nitrogens with zero attached hydrogens (tertiary/aromatic N) is 2. The maximum absolute atomic E-state index is 12.6. The maximum atomic E-state index is 12.6. The Hall–Kier alpha value is -2.90. The van der Waals surface area contributed by atoms with Crippen molar-refractivity contribution in [3.63, 3.8) is 0 Å². The van der Waals surface area contributed by atoms with Gasteiger partial charge in [0.2, 0.25) is 5.91 Å². The summed E-state index contributed by atoms with van der Waals surface area (Å²) in [7, 11) is 0. The molecular weight excluding hydrogens is 383 g/mol. The molecule has 1 aliphatic rings. The minimum absolute atomic E-state index is 0.0128. The van der Waals surface area contributed by atoms with Crippen molar-refractivity contribution >= 4 is 17.5 Å². The minimum atomic E-state index is -4.41. The van der Waals surface area contributed by atoms with Crippen molar-refractivity contribution in [3.05, 3.63) is 59.8 Å². The molecule has 1 aliphatic heterocycles. The standard InChI is InChI=1S/C21H22F3N3O2/c22-21(23,24)16-9-10-19(25-13-16)27-12-11-17(14-27)26-20(29)8-4-7-18(28)15-5-2-1-3-6-15/h1-3,5-6,9-10,13,17H,4,7-8,11-12,14H2,(H,26,29). The van der Waals surface area contributed by atoms with Gasteiger partial charge in [-0.25, -0.2) is 4.98 Å². The van der Waals surface area contributed by atoms with Crippen LogP contribution in [0.25, 0.3) is 0 Å². The highest BCUT2D eigenvalue weighted by Gasteiger charge is 2.31. The van der Waals surface area contributed by atoms with E-state index in [-0.39, 0.29) is 24.2 Å². The Bertz CT molecular complexity index is 838. The first-order valence-corrected chi connectivity index (χ1v) is 9.49. The summed E-state index contributed by atoms with van der Waals surface area (Å²) in [4.78, 5) is 29.9. The molecule has 1 N–H and O–H groups in total. The zero-order chi connectivity index (χ0) is 20.9. The fraction of sp³-hybridized carbons (Fsp3) is 0.381. The number of aromatic nitrogens is 1. The molecule has 0 bridgehead atoms. The van der Waals surface area contributed by atoms with Crippen LogP contribution in [-0.2, 0) is 11.0 Å². The lowest BCUT2D eigenvalue weighted by atomic mass is 10.1. The molecule has 1 aromatic heterocycles. The van der Waals surface area contributed by atoms with Gasteiger partial charge < -0.3 is 10.2 Å². The average Bonchev–Trinajstić information content (AvgIpc) is 3.16. The number of carbonyl (C=O) groups excluding carboxylic acids is 2. The second-order valence-corrected chi connectivity index (χ2v) is 7.04. The summed E-state index contributed by atoms with van der Waals surface area (Å²) < 4.78 is 37.9. The molecule has 0 aliphatic carbocycles. The molecule has 29 heavy (non-hydrogen) atoms. The van der Waals surface area contributed by atoms with Crippen LogP contribution >= 0.6 is 0 Å². The van der Waals surface area contributed by atoms with Gasteiger partial charge in [-0.3, -0.25) is 9.59 Å². The molecule has 1 aromatic carbocycles. The van der Waals surface area contributed by atoms with E-state index in [4.69, 9.17) is 0 Å². The van der Waals surface area contributed by atoms with Gasteiger partial charge in [0.05, 0.1) is 5.56 Å². The van der Waals surface area contributed by atoms with Gasteiger partial charge in [-0.05, 0) is 25.0 Å². The topological polar surface area (TPSA) is 62.3 Å². The number of hydrogen-bond acceptors (Lipinski definition) is 4. The Morgan fingerprint density at radius 2 is 1.86 bits per heavy atom. The molecule has 1 unspecified atom stereocenters. The third-order valence-corrected chi connectivity index (χ3v) is 4.86. The van der Waals surface area contributed by atoms with E-state index in [0.29, 0.717) is 43.7 Å². The largest absolute Gasteiger partial charge is 0.417 e. The molecule has 5 nitrogen and oxygen atoms in total. The first-order chi connectivity index (χ1) is 13.8. The highest BCUT2D eigenvalue weighted by molar-refractivity contribution is 5.96. The Balaban J connectivity index is 1.41. The summed E-state index contributed by atoms with van der Waals surface area (Å²) in [6.07, 6.45) is -1.86. The predicted octanol–water partition coefficient (Wildman–Crippen LogP) is 3.85. The van der Waals surface area contributed by atoms with Crippen LogP contribution in [0.3, 0.4) is 0 Å². The van der Waals surface area contributed by atoms with Crippen molar-refractivity contribution in [2.75, 3.05) is 18.0 Å². The smallest absolute Gasteiger partial charge is 0.354 e. The fourth-order valence-electron chi connectivity index (χ4n) is 3.30. The monoisotopic (exact) mass is 405 g/mol. The number of amides is 1. The van der Waals surface area contributed by atoms with Crippen LogP contribution in [0, 0.1) is 0 Å². The van der Waals surface area contributed by atoms with Gasteiger partial charge in [-0.1, -0.05) is 30.3 Å². The summed E-state index contributed by atoms with van der Waals surface area (Å²) in [5, 5.41) is 2.93. The highest BCUT2D eigenvalue weighted by atomic mass is 19.4. The van der Waals surface area contributed by atoms with Crippen LogP contribution in [0.2, 0.25) is 0 Å². The number of halogens is 3. The van der Waals surface area contributed by atoms with Crippen LogP contribution in [0.5, 0.6) is 0 Å². The number of hydrogen-bond donors (Lipinski definition) is 1. The number of benzene rings is 1. The van der Waals surface area contributed by atoms with E-state index in [1.807, 2.05) is 11.0 Å². The van der Waals surface area contributed by atoms with Gasteiger partial charge in [-0.2, -0.15) is 13.2 Å². The van der Waals surface area contributed by atoms with Crippen molar-refractivity contribution in [2.24, 2.45) is 0 Å². The lowest BCUT2D eigenvalue weighted by molar-refractivity contribution is -0.137. The van der Waals surface area contributed by atoms with E-state index < -0.39 is 11.7 Å². The molecule has 1 fully saturated rings. The minimum Gasteiger partial charge on any atom is -0.354 e. The molecule has 154 valence electrons. The van der Waals surface area contributed by atoms with Crippen LogP contribution in [0.15, 0.2) is 48.7 Å². The van der Waals surface area contributed by atoms with Gasteiger partial charge in [0, 0.05) is 43.7 Å². The van der Waals surface area contributed by atoms with Crippen LogP contribution < -0.4 is 10.2 Å². The second-order valence-electron chi connectivity index (χ2n) is 7.04. The molecule has 0 radical (unpaired) electrons. The zero-order valence-corrected chi connectivity index (χ0v) is 15.8. The van der Waals surface area contributed by atoms with Crippen molar-refractivity contribution in [1.82, 2.24) is 10.3 Å². The summed E-state index contributed by atoms with van der Waals surface area (Å²) >= 11 is 0. The Kier molecular flexibility index (Phi) is 6.51. The molecule has 3 rings (SSSR count). The number of nitrogens with one attached hydrogen (secondary N) is 1. The molecule has 2 aromatic rings. The molecule has 2 heterocycles. The number of Topliss-reactive ketones (excluding diaryl/α,β-unsaturated/α-hetero) is 1. The van der Waals surface area contributed by atoms with E-state index in [2.05, 4.69) is 10.3 Å². The Morgan fingerprint density at radius 3 is 2.52 bits per heavy atom. The fourth-order valence-corrected chi connectivity index (χ4v) is 3.30. The number of pyridine rings is 1. The van der Waals surface area contributed by atoms with Gasteiger partial charge >= 0.3 is 6.18 Å². The molecule has 0 saturated carbocycles. The highest BCUT2D eigenvalue weighted by Crippen LogP contribution is 2.29. The number of carbonyl (C=O) groups is 2. The first kappa shape index (κ1) is 20.8. The number of alkyl halides is 3. The predicted molar refractivity (Wildman–Crippen MR) is 103 cm³/mol. The molecule has 8 heteroatoms. The lowest BCUT2D eigenvalue weighted by Crippen LogP contribution is -2.37. The molecule has 1 atom stereocenters. The van der Waals surface area contributed by atoms with E-state index in [0.717, 1.165) is 12.3 Å². The first-order valence-electron chi connectivity index (χ1n) is 9.49. The van der Waals surface area contributed by atoms with Crippen molar-refractivity contribution in [2.45, 2.75) is 37.9 Å². The number of rotatable bonds is 7. The van der Waals surface area contributed by atoms with Crippen molar-refractivity contribution in [3.8, 4) is 0 Å². The number of anilines is 1. The Labute approximate surface area is 166 Å². The molecule has 1 saturated heterocycles. The SMILES string of the molecule is O=C(CCCC(=O)c1ccccc1)NC1CCN(c2ccc(C(F)(F)F)cn2)C1. The third kappa shape index (κ3) is 5.79. The number of ketones is 1. The van der Waals surface area contributed by atoms with Gasteiger partial charge in [-0.15, -0.1) is 0 Å². The normalized spacial score (nSPS) is 16.7.